The molecule has 0 aliphatic carbocycles. The molecule has 0 aromatic heterocycles. The van der Waals surface area contributed by atoms with Crippen LogP contribution in [0.3, 0.4) is 0 Å². The van der Waals surface area contributed by atoms with E-state index < -0.39 is 0 Å². The van der Waals surface area contributed by atoms with Gasteiger partial charge in [-0.1, -0.05) is 0 Å². The minimum Gasteiger partial charge on any atom is -0.494 e. The molecular weight excluding hydrogens is 188 g/mol. The van der Waals surface area contributed by atoms with E-state index in [1.165, 1.54) is 5.69 Å². The Balaban J connectivity index is 2.54. The molecule has 0 aliphatic rings. The molecule has 0 heterocycles. The molecule has 0 saturated heterocycles. The summed E-state index contributed by atoms with van der Waals surface area (Å²) >= 11 is 0. The lowest BCUT2D eigenvalue weighted by molar-refractivity contribution is 0.340. The van der Waals surface area contributed by atoms with E-state index in [9.17, 15) is 0 Å². The molecule has 0 aliphatic heterocycles. The summed E-state index contributed by atoms with van der Waals surface area (Å²) in [6.45, 7) is 4.43. The number of ether oxygens (including phenoxy) is 1. The Bertz CT molecular complexity index is 271. The van der Waals surface area contributed by atoms with Gasteiger partial charge in [0.15, 0.2) is 0 Å². The molecule has 84 valence electrons. The number of hydrogen-bond acceptors (Lipinski definition) is 3. The summed E-state index contributed by atoms with van der Waals surface area (Å²) in [7, 11) is 2.07. The largest absolute Gasteiger partial charge is 0.494 e. The molecule has 3 heteroatoms. The van der Waals surface area contributed by atoms with Crippen molar-refractivity contribution in [2.24, 2.45) is 5.73 Å². The molecule has 1 aromatic carbocycles. The molecule has 1 aromatic rings. The minimum absolute atomic E-state index is 0.711. The van der Waals surface area contributed by atoms with Crippen LogP contribution in [0.25, 0.3) is 0 Å². The lowest BCUT2D eigenvalue weighted by atomic mass is 10.2. The first-order valence-corrected chi connectivity index (χ1v) is 5.42. The van der Waals surface area contributed by atoms with Crippen molar-refractivity contribution >= 4 is 5.69 Å². The van der Waals surface area contributed by atoms with Crippen LogP contribution in [0, 0.1) is 0 Å². The molecule has 2 N–H and O–H groups in total. The summed E-state index contributed by atoms with van der Waals surface area (Å²) in [5, 5.41) is 0. The Morgan fingerprint density at radius 3 is 2.47 bits per heavy atom. The molecule has 0 bridgehead atoms. The fourth-order valence-corrected chi connectivity index (χ4v) is 1.42. The zero-order valence-electron chi connectivity index (χ0n) is 9.57. The summed E-state index contributed by atoms with van der Waals surface area (Å²) in [6.07, 6.45) is 1.02. The van der Waals surface area contributed by atoms with Crippen LogP contribution in [-0.4, -0.2) is 26.7 Å². The van der Waals surface area contributed by atoms with Crippen molar-refractivity contribution in [2.75, 3.05) is 31.6 Å². The standard InChI is InChI=1S/C12H20N2O/c1-3-15-12-7-5-11(6-8-12)14(2)10-4-9-13/h5-8H,3-4,9-10,13H2,1-2H3. The Hall–Kier alpha value is -1.22. The Kier molecular flexibility index (Phi) is 4.98. The highest BCUT2D eigenvalue weighted by atomic mass is 16.5. The van der Waals surface area contributed by atoms with Crippen LogP contribution in [0.5, 0.6) is 5.75 Å². The minimum atomic E-state index is 0.711. The Morgan fingerprint density at radius 2 is 1.93 bits per heavy atom. The summed E-state index contributed by atoms with van der Waals surface area (Å²) in [5.41, 5.74) is 6.67. The molecule has 0 spiro atoms. The summed E-state index contributed by atoms with van der Waals surface area (Å²) < 4.78 is 5.38. The third-order valence-electron chi connectivity index (χ3n) is 2.29. The van der Waals surface area contributed by atoms with Gasteiger partial charge in [-0.3, -0.25) is 0 Å². The second-order valence-electron chi connectivity index (χ2n) is 3.49. The van der Waals surface area contributed by atoms with Crippen LogP contribution in [-0.2, 0) is 0 Å². The summed E-state index contributed by atoms with van der Waals surface area (Å²) in [4.78, 5) is 2.20. The smallest absolute Gasteiger partial charge is 0.119 e. The van der Waals surface area contributed by atoms with Crippen LogP contribution < -0.4 is 15.4 Å². The number of benzene rings is 1. The van der Waals surface area contributed by atoms with Gasteiger partial charge in [-0.2, -0.15) is 0 Å². The number of nitrogens with zero attached hydrogens (tertiary/aromatic N) is 1. The zero-order chi connectivity index (χ0) is 11.1. The maximum atomic E-state index is 5.47. The normalized spacial score (nSPS) is 10.1. The van der Waals surface area contributed by atoms with Gasteiger partial charge in [0.25, 0.3) is 0 Å². The van der Waals surface area contributed by atoms with E-state index in [2.05, 4.69) is 24.1 Å². The quantitative estimate of drug-likeness (QED) is 0.775. The fraction of sp³-hybridized carbons (Fsp3) is 0.500. The average molecular weight is 208 g/mol. The molecule has 1 rings (SSSR count). The van der Waals surface area contributed by atoms with Gasteiger partial charge < -0.3 is 15.4 Å². The first-order chi connectivity index (χ1) is 7.27. The number of rotatable bonds is 6. The van der Waals surface area contributed by atoms with Crippen molar-refractivity contribution in [3.63, 3.8) is 0 Å². The highest BCUT2D eigenvalue weighted by Crippen LogP contribution is 2.18. The van der Waals surface area contributed by atoms with Crippen molar-refractivity contribution in [1.29, 1.82) is 0 Å². The highest BCUT2D eigenvalue weighted by Gasteiger charge is 2.00. The van der Waals surface area contributed by atoms with Crippen LogP contribution >= 0.6 is 0 Å². The maximum Gasteiger partial charge on any atom is 0.119 e. The maximum absolute atomic E-state index is 5.47. The van der Waals surface area contributed by atoms with Crippen molar-refractivity contribution in [2.45, 2.75) is 13.3 Å². The van der Waals surface area contributed by atoms with Gasteiger partial charge in [0.1, 0.15) is 5.75 Å². The van der Waals surface area contributed by atoms with Crippen molar-refractivity contribution in [1.82, 2.24) is 0 Å². The molecule has 0 saturated carbocycles. The molecule has 0 fully saturated rings. The molecular formula is C12H20N2O. The van der Waals surface area contributed by atoms with Gasteiger partial charge in [0, 0.05) is 19.3 Å². The monoisotopic (exact) mass is 208 g/mol. The van der Waals surface area contributed by atoms with E-state index in [-0.39, 0.29) is 0 Å². The second-order valence-corrected chi connectivity index (χ2v) is 3.49. The highest BCUT2D eigenvalue weighted by molar-refractivity contribution is 5.48. The number of hydrogen-bond donors (Lipinski definition) is 1. The molecule has 3 nitrogen and oxygen atoms in total. The van der Waals surface area contributed by atoms with E-state index >= 15 is 0 Å². The first kappa shape index (κ1) is 11.9. The number of nitrogens with two attached hydrogens (primary N) is 1. The molecule has 0 amide bonds. The van der Waals surface area contributed by atoms with Gasteiger partial charge >= 0.3 is 0 Å². The van der Waals surface area contributed by atoms with Crippen LogP contribution in [0.2, 0.25) is 0 Å². The van der Waals surface area contributed by atoms with Crippen LogP contribution in [0.1, 0.15) is 13.3 Å². The van der Waals surface area contributed by atoms with E-state index in [0.29, 0.717) is 6.61 Å². The lowest BCUT2D eigenvalue weighted by Crippen LogP contribution is -2.20. The fourth-order valence-electron chi connectivity index (χ4n) is 1.42. The van der Waals surface area contributed by atoms with E-state index in [0.717, 1.165) is 25.3 Å². The van der Waals surface area contributed by atoms with E-state index in [1.807, 2.05) is 19.1 Å². The van der Waals surface area contributed by atoms with E-state index in [1.54, 1.807) is 0 Å². The summed E-state index contributed by atoms with van der Waals surface area (Å²) in [6, 6.07) is 8.14. The second kappa shape index (κ2) is 6.30. The molecule has 0 atom stereocenters. The molecule has 0 radical (unpaired) electrons. The predicted octanol–water partition coefficient (Wildman–Crippen LogP) is 1.87. The predicted molar refractivity (Wildman–Crippen MR) is 64.6 cm³/mol. The van der Waals surface area contributed by atoms with Crippen molar-refractivity contribution < 1.29 is 4.74 Å². The SMILES string of the molecule is CCOc1ccc(N(C)CCCN)cc1. The van der Waals surface area contributed by atoms with Gasteiger partial charge in [-0.25, -0.2) is 0 Å². The lowest BCUT2D eigenvalue weighted by Gasteiger charge is -2.19. The molecule has 15 heavy (non-hydrogen) atoms. The Labute approximate surface area is 91.8 Å². The average Bonchev–Trinajstić information content (AvgIpc) is 2.27. The third kappa shape index (κ3) is 3.80. The van der Waals surface area contributed by atoms with Crippen LogP contribution in [0.15, 0.2) is 24.3 Å². The first-order valence-electron chi connectivity index (χ1n) is 5.42. The van der Waals surface area contributed by atoms with Gasteiger partial charge in [-0.05, 0) is 44.2 Å². The third-order valence-corrected chi connectivity index (χ3v) is 2.29. The van der Waals surface area contributed by atoms with Crippen LogP contribution in [0.4, 0.5) is 5.69 Å². The topological polar surface area (TPSA) is 38.5 Å². The van der Waals surface area contributed by atoms with Gasteiger partial charge in [0.05, 0.1) is 6.61 Å². The van der Waals surface area contributed by atoms with Crippen molar-refractivity contribution in [3.8, 4) is 5.75 Å². The molecule has 0 unspecified atom stereocenters. The van der Waals surface area contributed by atoms with E-state index in [4.69, 9.17) is 10.5 Å². The number of anilines is 1. The van der Waals surface area contributed by atoms with Gasteiger partial charge in [0.2, 0.25) is 0 Å². The summed E-state index contributed by atoms with van der Waals surface area (Å²) in [5.74, 6) is 0.925. The van der Waals surface area contributed by atoms with Gasteiger partial charge in [-0.15, -0.1) is 0 Å². The van der Waals surface area contributed by atoms with Crippen molar-refractivity contribution in [3.05, 3.63) is 24.3 Å². The Morgan fingerprint density at radius 1 is 1.27 bits per heavy atom. The zero-order valence-corrected chi connectivity index (χ0v) is 9.57.